The van der Waals surface area contributed by atoms with Crippen LogP contribution in [0.5, 0.6) is 0 Å². The van der Waals surface area contributed by atoms with Crippen LogP contribution in [0.15, 0.2) is 18.2 Å². The Morgan fingerprint density at radius 1 is 1.54 bits per heavy atom. The molecule has 0 saturated heterocycles. The molecule has 0 radical (unpaired) electrons. The van der Waals surface area contributed by atoms with Crippen molar-refractivity contribution in [3.63, 3.8) is 0 Å². The van der Waals surface area contributed by atoms with Gasteiger partial charge in [0, 0.05) is 12.1 Å². The van der Waals surface area contributed by atoms with Crippen molar-refractivity contribution in [3.05, 3.63) is 29.3 Å². The predicted molar refractivity (Wildman–Crippen MR) is 50.7 cm³/mol. The van der Waals surface area contributed by atoms with Crippen molar-refractivity contribution in [2.24, 2.45) is 0 Å². The summed E-state index contributed by atoms with van der Waals surface area (Å²) in [6.07, 6.45) is 0. The topological polar surface area (TPSA) is 57.1 Å². The Balaban J connectivity index is 2.36. The van der Waals surface area contributed by atoms with Gasteiger partial charge in [-0.05, 0) is 17.7 Å². The van der Waals surface area contributed by atoms with Crippen molar-refractivity contribution in [2.75, 3.05) is 12.5 Å². The van der Waals surface area contributed by atoms with Gasteiger partial charge >= 0.3 is 0 Å². The average Bonchev–Trinajstić information content (AvgIpc) is 2.63. The van der Waals surface area contributed by atoms with E-state index in [1.165, 1.54) is 12.7 Å². The highest BCUT2D eigenvalue weighted by Gasteiger charge is 2.11. The highest BCUT2D eigenvalue weighted by Crippen LogP contribution is 2.21. The molecule has 1 aromatic carbocycles. The Morgan fingerprint density at radius 2 is 2.38 bits per heavy atom. The van der Waals surface area contributed by atoms with Crippen LogP contribution in [0.4, 0.5) is 5.69 Å². The number of nitrogens with one attached hydrogen (secondary N) is 3. The van der Waals surface area contributed by atoms with E-state index < -0.39 is 0 Å². The Labute approximate surface area is 76.4 Å². The zero-order valence-corrected chi connectivity index (χ0v) is 7.35. The first kappa shape index (κ1) is 8.07. The summed E-state index contributed by atoms with van der Waals surface area (Å²) in [6, 6.07) is 5.78. The van der Waals surface area contributed by atoms with Crippen molar-refractivity contribution >= 4 is 11.6 Å². The van der Waals surface area contributed by atoms with Gasteiger partial charge in [0.2, 0.25) is 5.90 Å². The zero-order valence-electron chi connectivity index (χ0n) is 7.35. The molecule has 4 nitrogen and oxygen atoms in total. The van der Waals surface area contributed by atoms with Gasteiger partial charge in [0.15, 0.2) is 0 Å². The van der Waals surface area contributed by atoms with Crippen molar-refractivity contribution in [1.82, 2.24) is 5.43 Å². The van der Waals surface area contributed by atoms with Crippen molar-refractivity contribution < 1.29 is 4.74 Å². The van der Waals surface area contributed by atoms with Crippen LogP contribution in [-0.4, -0.2) is 13.0 Å². The van der Waals surface area contributed by atoms with Crippen LogP contribution in [0.25, 0.3) is 0 Å². The zero-order chi connectivity index (χ0) is 9.26. The molecule has 2 rings (SSSR count). The van der Waals surface area contributed by atoms with E-state index in [-0.39, 0.29) is 5.90 Å². The Kier molecular flexibility index (Phi) is 1.90. The minimum absolute atomic E-state index is 0.191. The second-order valence-corrected chi connectivity index (χ2v) is 2.88. The molecule has 68 valence electrons. The lowest BCUT2D eigenvalue weighted by molar-refractivity contribution is 0.401. The fourth-order valence-corrected chi connectivity index (χ4v) is 1.34. The maximum absolute atomic E-state index is 7.47. The third-order valence-electron chi connectivity index (χ3n) is 2.08. The summed E-state index contributed by atoms with van der Waals surface area (Å²) in [6.45, 7) is 0.829. The van der Waals surface area contributed by atoms with E-state index in [1.54, 1.807) is 0 Å². The lowest BCUT2D eigenvalue weighted by Gasteiger charge is -2.04. The Hall–Kier alpha value is -1.55. The molecular weight excluding hydrogens is 166 g/mol. The van der Waals surface area contributed by atoms with Gasteiger partial charge in [-0.3, -0.25) is 5.41 Å². The summed E-state index contributed by atoms with van der Waals surface area (Å²) in [4.78, 5) is 0. The summed E-state index contributed by atoms with van der Waals surface area (Å²) in [7, 11) is 1.50. The van der Waals surface area contributed by atoms with Crippen molar-refractivity contribution in [2.45, 2.75) is 6.54 Å². The number of anilines is 1. The number of hydrogen-bond donors (Lipinski definition) is 3. The van der Waals surface area contributed by atoms with Gasteiger partial charge in [0.05, 0.1) is 12.8 Å². The lowest BCUT2D eigenvalue weighted by Crippen LogP contribution is -2.11. The quantitative estimate of drug-likeness (QED) is 0.444. The van der Waals surface area contributed by atoms with E-state index in [2.05, 4.69) is 10.9 Å². The van der Waals surface area contributed by atoms with Crippen molar-refractivity contribution in [1.29, 1.82) is 5.41 Å². The van der Waals surface area contributed by atoms with Crippen LogP contribution < -0.4 is 10.9 Å². The number of methoxy groups -OCH3 is 1. The van der Waals surface area contributed by atoms with Crippen LogP contribution >= 0.6 is 0 Å². The standard InChI is InChI=1S/C9H11N3O/c1-13-9(10)6-2-3-7-5-11-12-8(7)4-6/h2-4,10-12H,5H2,1H3. The molecule has 0 aromatic heterocycles. The van der Waals surface area contributed by atoms with Gasteiger partial charge < -0.3 is 10.2 Å². The fraction of sp³-hybridized carbons (Fsp3) is 0.222. The second-order valence-electron chi connectivity index (χ2n) is 2.88. The number of ether oxygens (including phenoxy) is 1. The molecular formula is C9H11N3O. The third-order valence-corrected chi connectivity index (χ3v) is 2.08. The highest BCUT2D eigenvalue weighted by atomic mass is 16.5. The van der Waals surface area contributed by atoms with Crippen LogP contribution in [0, 0.1) is 5.41 Å². The lowest BCUT2D eigenvalue weighted by atomic mass is 10.1. The number of benzene rings is 1. The summed E-state index contributed by atoms with van der Waals surface area (Å²) in [5.41, 5.74) is 9.06. The first-order valence-corrected chi connectivity index (χ1v) is 4.06. The summed E-state index contributed by atoms with van der Waals surface area (Å²) < 4.78 is 4.83. The number of rotatable bonds is 1. The largest absolute Gasteiger partial charge is 0.481 e. The average molecular weight is 177 g/mol. The van der Waals surface area contributed by atoms with Gasteiger partial charge in [-0.15, -0.1) is 0 Å². The van der Waals surface area contributed by atoms with Crippen LogP contribution in [0.2, 0.25) is 0 Å². The molecule has 0 fully saturated rings. The van der Waals surface area contributed by atoms with E-state index in [4.69, 9.17) is 10.1 Å². The fourth-order valence-electron chi connectivity index (χ4n) is 1.34. The van der Waals surface area contributed by atoms with E-state index >= 15 is 0 Å². The Bertz CT molecular complexity index is 349. The molecule has 0 aliphatic carbocycles. The summed E-state index contributed by atoms with van der Waals surface area (Å²) >= 11 is 0. The molecule has 1 heterocycles. The molecule has 0 bridgehead atoms. The predicted octanol–water partition coefficient (Wildman–Crippen LogP) is 1.09. The normalized spacial score (nSPS) is 13.3. The molecule has 4 heteroatoms. The molecule has 1 aromatic rings. The van der Waals surface area contributed by atoms with Crippen LogP contribution in [-0.2, 0) is 11.3 Å². The first-order chi connectivity index (χ1) is 6.31. The molecule has 3 N–H and O–H groups in total. The monoisotopic (exact) mass is 177 g/mol. The number of hydrogen-bond acceptors (Lipinski definition) is 4. The molecule has 0 unspecified atom stereocenters. The molecule has 0 atom stereocenters. The molecule has 0 saturated carbocycles. The molecule has 13 heavy (non-hydrogen) atoms. The van der Waals surface area contributed by atoms with Gasteiger partial charge in [-0.1, -0.05) is 6.07 Å². The molecule has 1 aliphatic heterocycles. The maximum Gasteiger partial charge on any atom is 0.212 e. The maximum atomic E-state index is 7.47. The highest BCUT2D eigenvalue weighted by molar-refractivity contribution is 5.92. The minimum Gasteiger partial charge on any atom is -0.481 e. The summed E-state index contributed by atoms with van der Waals surface area (Å²) in [5, 5.41) is 7.47. The minimum atomic E-state index is 0.191. The molecule has 0 spiro atoms. The Morgan fingerprint density at radius 3 is 3.15 bits per heavy atom. The van der Waals surface area contributed by atoms with E-state index in [0.29, 0.717) is 0 Å². The van der Waals surface area contributed by atoms with E-state index in [0.717, 1.165) is 17.8 Å². The summed E-state index contributed by atoms with van der Waals surface area (Å²) in [5.74, 6) is 0.191. The number of fused-ring (bicyclic) bond motifs is 1. The molecule has 0 amide bonds. The van der Waals surface area contributed by atoms with Gasteiger partial charge in [0.25, 0.3) is 0 Å². The smallest absolute Gasteiger partial charge is 0.212 e. The van der Waals surface area contributed by atoms with Crippen LogP contribution in [0.1, 0.15) is 11.1 Å². The van der Waals surface area contributed by atoms with Crippen LogP contribution in [0.3, 0.4) is 0 Å². The van der Waals surface area contributed by atoms with E-state index in [1.807, 2.05) is 18.2 Å². The third kappa shape index (κ3) is 1.36. The SMILES string of the molecule is COC(=N)c1ccc2c(c1)NNC2. The van der Waals surface area contributed by atoms with Gasteiger partial charge in [-0.2, -0.15) is 0 Å². The second kappa shape index (κ2) is 3.06. The molecule has 1 aliphatic rings. The number of hydrazine groups is 1. The van der Waals surface area contributed by atoms with Crippen molar-refractivity contribution in [3.8, 4) is 0 Å². The first-order valence-electron chi connectivity index (χ1n) is 4.06. The van der Waals surface area contributed by atoms with Gasteiger partial charge in [0.1, 0.15) is 0 Å². The van der Waals surface area contributed by atoms with E-state index in [9.17, 15) is 0 Å². The van der Waals surface area contributed by atoms with Gasteiger partial charge in [-0.25, -0.2) is 5.43 Å².